The highest BCUT2D eigenvalue weighted by molar-refractivity contribution is 5.29. The van der Waals surface area contributed by atoms with E-state index >= 15 is 0 Å². The molecule has 0 heterocycles. The number of methoxy groups -OCH3 is 1. The maximum Gasteiger partial charge on any atom is 0.118 e. The van der Waals surface area contributed by atoms with Gasteiger partial charge in [-0.25, -0.2) is 0 Å². The second-order valence-electron chi connectivity index (χ2n) is 5.90. The van der Waals surface area contributed by atoms with Crippen LogP contribution in [0.3, 0.4) is 0 Å². The first kappa shape index (κ1) is 17.0. The molecule has 0 spiro atoms. The van der Waals surface area contributed by atoms with E-state index < -0.39 is 0 Å². The minimum atomic E-state index is -0.217. The first-order valence-electron chi connectivity index (χ1n) is 7.51. The van der Waals surface area contributed by atoms with Crippen LogP contribution in [0.15, 0.2) is 24.3 Å². The fourth-order valence-corrected chi connectivity index (χ4v) is 2.17. The van der Waals surface area contributed by atoms with Crippen molar-refractivity contribution < 1.29 is 9.84 Å². The second kappa shape index (κ2) is 8.28. The zero-order valence-electron chi connectivity index (χ0n) is 13.4. The lowest BCUT2D eigenvalue weighted by Gasteiger charge is -2.23. The van der Waals surface area contributed by atoms with Gasteiger partial charge in [-0.15, -0.1) is 0 Å². The summed E-state index contributed by atoms with van der Waals surface area (Å²) in [6, 6.07) is 8.61. The summed E-state index contributed by atoms with van der Waals surface area (Å²) in [5.41, 5.74) is 1.30. The Morgan fingerprint density at radius 3 is 2.20 bits per heavy atom. The van der Waals surface area contributed by atoms with Crippen molar-refractivity contribution in [3.05, 3.63) is 29.8 Å². The van der Waals surface area contributed by atoms with E-state index in [9.17, 15) is 5.11 Å². The Bertz CT molecular complexity index is 375. The van der Waals surface area contributed by atoms with Gasteiger partial charge in [0.15, 0.2) is 0 Å². The number of ether oxygens (including phenoxy) is 1. The number of aliphatic hydroxyl groups is 1. The Morgan fingerprint density at radius 2 is 1.70 bits per heavy atom. The van der Waals surface area contributed by atoms with Crippen LogP contribution in [0.25, 0.3) is 0 Å². The van der Waals surface area contributed by atoms with Crippen molar-refractivity contribution in [3.8, 4) is 5.75 Å². The van der Waals surface area contributed by atoms with E-state index in [4.69, 9.17) is 4.74 Å². The van der Waals surface area contributed by atoms with Gasteiger partial charge in [-0.05, 0) is 49.4 Å². The summed E-state index contributed by atoms with van der Waals surface area (Å²) in [7, 11) is 1.68. The van der Waals surface area contributed by atoms with Crippen LogP contribution in [0.2, 0.25) is 0 Å². The standard InChI is InChI=1S/C17H29NO2/c1-12(2)17(19)10-11-18-14(4)13(3)15-6-8-16(20-5)9-7-15/h6-9,12-14,17-19H,10-11H2,1-5H3. The molecule has 0 saturated heterocycles. The summed E-state index contributed by atoms with van der Waals surface area (Å²) in [5, 5.41) is 13.3. The van der Waals surface area contributed by atoms with Crippen LogP contribution in [0, 0.1) is 5.92 Å². The van der Waals surface area contributed by atoms with Crippen LogP contribution in [0.4, 0.5) is 0 Å². The molecule has 3 nitrogen and oxygen atoms in total. The van der Waals surface area contributed by atoms with Crippen molar-refractivity contribution in [3.63, 3.8) is 0 Å². The van der Waals surface area contributed by atoms with E-state index in [1.165, 1.54) is 5.56 Å². The normalized spacial score (nSPS) is 15.9. The van der Waals surface area contributed by atoms with Gasteiger partial charge in [-0.2, -0.15) is 0 Å². The van der Waals surface area contributed by atoms with E-state index in [0.29, 0.717) is 17.9 Å². The lowest BCUT2D eigenvalue weighted by Crippen LogP contribution is -2.34. The average molecular weight is 279 g/mol. The molecule has 1 rings (SSSR count). The third-order valence-electron chi connectivity index (χ3n) is 4.07. The lowest BCUT2D eigenvalue weighted by molar-refractivity contribution is 0.115. The van der Waals surface area contributed by atoms with Crippen LogP contribution in [-0.2, 0) is 0 Å². The highest BCUT2D eigenvalue weighted by atomic mass is 16.5. The number of benzene rings is 1. The molecular weight excluding hydrogens is 250 g/mol. The number of hydrogen-bond acceptors (Lipinski definition) is 3. The van der Waals surface area contributed by atoms with Crippen molar-refractivity contribution in [2.24, 2.45) is 5.92 Å². The van der Waals surface area contributed by atoms with Gasteiger partial charge >= 0.3 is 0 Å². The zero-order valence-corrected chi connectivity index (χ0v) is 13.4. The Morgan fingerprint density at radius 1 is 1.10 bits per heavy atom. The summed E-state index contributed by atoms with van der Waals surface area (Å²) in [6.07, 6.45) is 0.586. The molecule has 1 aromatic rings. The van der Waals surface area contributed by atoms with Crippen molar-refractivity contribution >= 4 is 0 Å². The summed E-state index contributed by atoms with van der Waals surface area (Å²) < 4.78 is 5.18. The Hall–Kier alpha value is -1.06. The van der Waals surface area contributed by atoms with Gasteiger partial charge in [-0.1, -0.05) is 32.9 Å². The minimum absolute atomic E-state index is 0.217. The van der Waals surface area contributed by atoms with E-state index in [-0.39, 0.29) is 6.10 Å². The lowest BCUT2D eigenvalue weighted by atomic mass is 9.94. The molecule has 20 heavy (non-hydrogen) atoms. The maximum absolute atomic E-state index is 9.80. The summed E-state index contributed by atoms with van der Waals surface area (Å²) in [6.45, 7) is 9.36. The highest BCUT2D eigenvalue weighted by Crippen LogP contribution is 2.22. The fraction of sp³-hybridized carbons (Fsp3) is 0.647. The van der Waals surface area contributed by atoms with Gasteiger partial charge in [-0.3, -0.25) is 0 Å². The molecule has 3 unspecified atom stereocenters. The van der Waals surface area contributed by atoms with Gasteiger partial charge in [0.2, 0.25) is 0 Å². The highest BCUT2D eigenvalue weighted by Gasteiger charge is 2.15. The zero-order chi connectivity index (χ0) is 15.1. The maximum atomic E-state index is 9.80. The van der Waals surface area contributed by atoms with E-state index in [1.54, 1.807) is 7.11 Å². The van der Waals surface area contributed by atoms with Crippen molar-refractivity contribution in [2.45, 2.75) is 52.2 Å². The Balaban J connectivity index is 2.43. The third-order valence-corrected chi connectivity index (χ3v) is 4.07. The van der Waals surface area contributed by atoms with Gasteiger partial charge in [0.05, 0.1) is 13.2 Å². The predicted octanol–water partition coefficient (Wildman–Crippen LogP) is 3.18. The summed E-state index contributed by atoms with van der Waals surface area (Å²) in [4.78, 5) is 0. The molecule has 2 N–H and O–H groups in total. The SMILES string of the molecule is COc1ccc(C(C)C(C)NCCC(O)C(C)C)cc1. The molecule has 0 aliphatic rings. The topological polar surface area (TPSA) is 41.5 Å². The van der Waals surface area contributed by atoms with Gasteiger partial charge < -0.3 is 15.2 Å². The summed E-state index contributed by atoms with van der Waals surface area (Å²) >= 11 is 0. The number of nitrogens with one attached hydrogen (secondary N) is 1. The van der Waals surface area contributed by atoms with Crippen molar-refractivity contribution in [1.29, 1.82) is 0 Å². The van der Waals surface area contributed by atoms with Gasteiger partial charge in [0, 0.05) is 6.04 Å². The van der Waals surface area contributed by atoms with E-state index in [2.05, 4.69) is 31.3 Å². The predicted molar refractivity (Wildman–Crippen MR) is 84.3 cm³/mol. The van der Waals surface area contributed by atoms with Gasteiger partial charge in [0.1, 0.15) is 5.75 Å². The van der Waals surface area contributed by atoms with Gasteiger partial charge in [0.25, 0.3) is 0 Å². The van der Waals surface area contributed by atoms with Crippen molar-refractivity contribution in [2.75, 3.05) is 13.7 Å². The minimum Gasteiger partial charge on any atom is -0.497 e. The van der Waals surface area contributed by atoms with Crippen LogP contribution >= 0.6 is 0 Å². The molecule has 0 bridgehead atoms. The first-order chi connectivity index (χ1) is 9.45. The molecule has 3 heteroatoms. The van der Waals surface area contributed by atoms with Crippen LogP contribution in [0.5, 0.6) is 5.75 Å². The molecule has 0 aliphatic carbocycles. The Labute approximate surface area is 123 Å². The molecule has 0 radical (unpaired) electrons. The number of aliphatic hydroxyl groups excluding tert-OH is 1. The Kier molecular flexibility index (Phi) is 7.03. The van der Waals surface area contributed by atoms with Crippen molar-refractivity contribution in [1.82, 2.24) is 5.32 Å². The molecule has 0 saturated carbocycles. The molecular formula is C17H29NO2. The molecule has 0 aromatic heterocycles. The molecule has 1 aromatic carbocycles. The third kappa shape index (κ3) is 5.14. The van der Waals surface area contributed by atoms with Crippen LogP contribution in [0.1, 0.15) is 45.6 Å². The number of rotatable bonds is 8. The monoisotopic (exact) mass is 279 g/mol. The smallest absolute Gasteiger partial charge is 0.118 e. The molecule has 114 valence electrons. The molecule has 0 aliphatic heterocycles. The largest absolute Gasteiger partial charge is 0.497 e. The molecule has 0 amide bonds. The quantitative estimate of drug-likeness (QED) is 0.768. The fourth-order valence-electron chi connectivity index (χ4n) is 2.17. The van der Waals surface area contributed by atoms with E-state index in [0.717, 1.165) is 18.7 Å². The first-order valence-corrected chi connectivity index (χ1v) is 7.51. The average Bonchev–Trinajstić information content (AvgIpc) is 2.46. The molecule has 0 fully saturated rings. The summed E-state index contributed by atoms with van der Waals surface area (Å²) in [5.74, 6) is 1.64. The van der Waals surface area contributed by atoms with Crippen LogP contribution in [-0.4, -0.2) is 30.9 Å². The number of hydrogen-bond donors (Lipinski definition) is 2. The van der Waals surface area contributed by atoms with E-state index in [1.807, 2.05) is 26.0 Å². The van der Waals surface area contributed by atoms with Crippen LogP contribution < -0.4 is 10.1 Å². The molecule has 3 atom stereocenters. The second-order valence-corrected chi connectivity index (χ2v) is 5.90.